The summed E-state index contributed by atoms with van der Waals surface area (Å²) in [6.07, 6.45) is 4.31. The van der Waals surface area contributed by atoms with E-state index in [-0.39, 0.29) is 22.1 Å². The molecule has 0 aromatic heterocycles. The number of hydrogen-bond donors (Lipinski definition) is 3. The van der Waals surface area contributed by atoms with Crippen LogP contribution in [0.15, 0.2) is 54.6 Å². The lowest BCUT2D eigenvalue weighted by Crippen LogP contribution is -2.33. The molecule has 0 atom stereocenters. The number of phenolic OH excluding ortho intramolecular Hbond substituents is 1. The number of ether oxygens (including phenoxy) is 1. The molecule has 4 rings (SSSR count). The van der Waals surface area contributed by atoms with Crippen molar-refractivity contribution in [2.75, 3.05) is 19.7 Å². The second kappa shape index (κ2) is 11.2. The number of carboxylic acids is 1. The number of aromatic carboxylic acids is 1. The molecule has 0 radical (unpaired) electrons. The minimum Gasteiger partial charge on any atom is -0.507 e. The number of fused-ring (bicyclic) bond motifs is 1. The average Bonchev–Trinajstić information content (AvgIpc) is 2.88. The fourth-order valence-electron chi connectivity index (χ4n) is 5.40. The van der Waals surface area contributed by atoms with Gasteiger partial charge in [0, 0.05) is 11.1 Å². The molecule has 0 heterocycles. The van der Waals surface area contributed by atoms with Gasteiger partial charge in [-0.1, -0.05) is 58.9 Å². The van der Waals surface area contributed by atoms with E-state index in [2.05, 4.69) is 58.1 Å². The number of hydrogen-bond acceptors (Lipinski definition) is 4. The molecular formula is C33H41NO4. The van der Waals surface area contributed by atoms with Crippen molar-refractivity contribution in [3.05, 3.63) is 71.3 Å². The van der Waals surface area contributed by atoms with Crippen LogP contribution in [0.25, 0.3) is 22.3 Å². The molecule has 0 fully saturated rings. The second-order valence-electron chi connectivity index (χ2n) is 11.7. The van der Waals surface area contributed by atoms with E-state index in [1.165, 1.54) is 23.3 Å². The molecule has 0 saturated carbocycles. The fourth-order valence-corrected chi connectivity index (χ4v) is 5.40. The number of nitrogens with one attached hydrogen (secondary N) is 1. The zero-order chi connectivity index (χ0) is 27.5. The van der Waals surface area contributed by atoms with E-state index in [4.69, 9.17) is 4.74 Å². The van der Waals surface area contributed by atoms with Crippen LogP contribution >= 0.6 is 0 Å². The maximum Gasteiger partial charge on any atom is 0.335 e. The van der Waals surface area contributed by atoms with Crippen LogP contribution in [0.4, 0.5) is 0 Å². The first-order valence-corrected chi connectivity index (χ1v) is 13.7. The third-order valence-corrected chi connectivity index (χ3v) is 7.88. The Kier molecular flexibility index (Phi) is 8.17. The van der Waals surface area contributed by atoms with E-state index >= 15 is 0 Å². The Balaban J connectivity index is 1.75. The average molecular weight is 516 g/mol. The van der Waals surface area contributed by atoms with Gasteiger partial charge in [-0.2, -0.15) is 0 Å². The number of aromatic hydroxyl groups is 1. The van der Waals surface area contributed by atoms with E-state index in [0.717, 1.165) is 61.2 Å². The van der Waals surface area contributed by atoms with Crippen molar-refractivity contribution in [1.82, 2.24) is 5.32 Å². The van der Waals surface area contributed by atoms with Crippen LogP contribution in [0, 0.1) is 0 Å². The zero-order valence-corrected chi connectivity index (χ0v) is 23.4. The molecule has 0 unspecified atom stereocenters. The van der Waals surface area contributed by atoms with Crippen LogP contribution in [0.5, 0.6) is 11.5 Å². The highest BCUT2D eigenvalue weighted by Gasteiger charge is 2.37. The Morgan fingerprint density at radius 2 is 1.55 bits per heavy atom. The highest BCUT2D eigenvalue weighted by atomic mass is 16.5. The number of benzene rings is 3. The minimum atomic E-state index is -1.07. The zero-order valence-electron chi connectivity index (χ0n) is 23.4. The number of carboxylic acid groups (broad SMARTS) is 1. The first-order valence-electron chi connectivity index (χ1n) is 13.7. The maximum atomic E-state index is 11.4. The molecule has 38 heavy (non-hydrogen) atoms. The van der Waals surface area contributed by atoms with Crippen molar-refractivity contribution >= 4 is 5.97 Å². The molecule has 0 spiro atoms. The summed E-state index contributed by atoms with van der Waals surface area (Å²) in [6, 6.07) is 17.2. The summed E-state index contributed by atoms with van der Waals surface area (Å²) in [4.78, 5) is 11.4. The van der Waals surface area contributed by atoms with Gasteiger partial charge in [-0.15, -0.1) is 0 Å². The third-order valence-electron chi connectivity index (χ3n) is 7.88. The van der Waals surface area contributed by atoms with Gasteiger partial charge in [0.25, 0.3) is 0 Å². The van der Waals surface area contributed by atoms with Gasteiger partial charge >= 0.3 is 5.97 Å². The molecule has 202 valence electrons. The summed E-state index contributed by atoms with van der Waals surface area (Å²) in [7, 11) is 0. The second-order valence-corrected chi connectivity index (χ2v) is 11.7. The quantitative estimate of drug-likeness (QED) is 0.243. The van der Waals surface area contributed by atoms with Crippen molar-refractivity contribution in [2.45, 2.75) is 71.1 Å². The van der Waals surface area contributed by atoms with E-state index in [0.29, 0.717) is 12.2 Å². The van der Waals surface area contributed by atoms with Gasteiger partial charge < -0.3 is 20.3 Å². The van der Waals surface area contributed by atoms with E-state index < -0.39 is 5.97 Å². The van der Waals surface area contributed by atoms with Crippen LogP contribution < -0.4 is 10.1 Å². The van der Waals surface area contributed by atoms with Crippen LogP contribution in [-0.4, -0.2) is 35.9 Å². The summed E-state index contributed by atoms with van der Waals surface area (Å²) in [5, 5.41) is 23.4. The Bertz CT molecular complexity index is 1310. The van der Waals surface area contributed by atoms with E-state index in [1.807, 2.05) is 18.2 Å². The summed E-state index contributed by atoms with van der Waals surface area (Å²) in [5.74, 6) is -0.317. The third kappa shape index (κ3) is 5.88. The normalized spacial score (nSPS) is 15.6. The molecule has 0 saturated heterocycles. The lowest BCUT2D eigenvalue weighted by Gasteiger charge is -2.42. The van der Waals surface area contributed by atoms with Crippen LogP contribution in [-0.2, 0) is 10.8 Å². The van der Waals surface area contributed by atoms with Gasteiger partial charge in [0.15, 0.2) is 0 Å². The number of rotatable bonds is 10. The summed E-state index contributed by atoms with van der Waals surface area (Å²) < 4.78 is 6.30. The Hall–Kier alpha value is -3.31. The van der Waals surface area contributed by atoms with Crippen LogP contribution in [0.2, 0.25) is 0 Å². The standard InChI is InChI=1S/C33H41NO4/c1-6-16-34-17-7-18-38-30-13-10-22(25-11-8-24(31(36)37)21-29(25)35)19-26(30)23-9-12-27-28(20-23)33(4,5)15-14-32(27,2)3/h8-13,19-21,34-35H,6-7,14-18H2,1-5H3,(H,36,37). The molecule has 0 aliphatic heterocycles. The van der Waals surface area contributed by atoms with Crippen molar-refractivity contribution < 1.29 is 19.7 Å². The largest absolute Gasteiger partial charge is 0.507 e. The molecule has 5 nitrogen and oxygen atoms in total. The number of phenols is 1. The molecule has 3 aromatic carbocycles. The van der Waals surface area contributed by atoms with Crippen LogP contribution in [0.3, 0.4) is 0 Å². The maximum absolute atomic E-state index is 11.4. The van der Waals surface area contributed by atoms with Gasteiger partial charge in [-0.3, -0.25) is 0 Å². The first kappa shape index (κ1) is 27.7. The van der Waals surface area contributed by atoms with Gasteiger partial charge in [0.05, 0.1) is 12.2 Å². The lowest BCUT2D eigenvalue weighted by molar-refractivity contribution is 0.0696. The molecule has 0 bridgehead atoms. The Morgan fingerprint density at radius 1 is 0.868 bits per heavy atom. The van der Waals surface area contributed by atoms with Gasteiger partial charge in [-0.05, 0) is 102 Å². The van der Waals surface area contributed by atoms with Gasteiger partial charge in [-0.25, -0.2) is 4.79 Å². The van der Waals surface area contributed by atoms with E-state index in [9.17, 15) is 15.0 Å². The van der Waals surface area contributed by atoms with Gasteiger partial charge in [0.1, 0.15) is 11.5 Å². The van der Waals surface area contributed by atoms with Crippen molar-refractivity contribution in [1.29, 1.82) is 0 Å². The molecule has 0 amide bonds. The monoisotopic (exact) mass is 515 g/mol. The van der Waals surface area contributed by atoms with Crippen molar-refractivity contribution in [3.8, 4) is 33.8 Å². The summed E-state index contributed by atoms with van der Waals surface area (Å²) in [5.41, 5.74) is 6.49. The molecule has 1 aliphatic rings. The molecule has 1 aliphatic carbocycles. The van der Waals surface area contributed by atoms with E-state index in [1.54, 1.807) is 6.07 Å². The molecule has 5 heteroatoms. The smallest absolute Gasteiger partial charge is 0.335 e. The molecule has 3 N–H and O–H groups in total. The highest BCUT2D eigenvalue weighted by Crippen LogP contribution is 2.48. The highest BCUT2D eigenvalue weighted by molar-refractivity contribution is 5.90. The van der Waals surface area contributed by atoms with Crippen molar-refractivity contribution in [2.24, 2.45) is 0 Å². The van der Waals surface area contributed by atoms with Crippen LogP contribution in [0.1, 0.15) is 81.8 Å². The summed E-state index contributed by atoms with van der Waals surface area (Å²) >= 11 is 0. The minimum absolute atomic E-state index is 0.0557. The molecular weight excluding hydrogens is 474 g/mol. The lowest BCUT2D eigenvalue weighted by atomic mass is 9.63. The molecule has 3 aromatic rings. The number of carbonyl (C=O) groups is 1. The Morgan fingerprint density at radius 3 is 2.24 bits per heavy atom. The summed E-state index contributed by atoms with van der Waals surface area (Å²) in [6.45, 7) is 14.0. The van der Waals surface area contributed by atoms with Gasteiger partial charge in [0.2, 0.25) is 0 Å². The predicted octanol–water partition coefficient (Wildman–Crippen LogP) is 7.54. The van der Waals surface area contributed by atoms with Crippen molar-refractivity contribution in [3.63, 3.8) is 0 Å². The Labute approximate surface area is 226 Å². The predicted molar refractivity (Wildman–Crippen MR) is 154 cm³/mol. The first-order chi connectivity index (χ1) is 18.0. The SMILES string of the molecule is CCCNCCCOc1ccc(-c2ccc(C(=O)O)cc2O)cc1-c1ccc2c(c1)C(C)(C)CCC2(C)C. The fraction of sp³-hybridized carbons (Fsp3) is 0.424. The topological polar surface area (TPSA) is 78.8 Å².